The number of aromatic nitrogens is 1. The third-order valence-electron chi connectivity index (χ3n) is 12.1. The van der Waals surface area contributed by atoms with E-state index in [9.17, 15) is 32.4 Å². The number of ether oxygens (including phenoxy) is 1. The number of Topliss-reactive ketones (excluding diaryl/α,β-unsaturated/α-hetero) is 1. The van der Waals surface area contributed by atoms with E-state index in [1.165, 1.54) is 4.90 Å². The van der Waals surface area contributed by atoms with Crippen LogP contribution in [0.5, 0.6) is 0 Å². The van der Waals surface area contributed by atoms with Gasteiger partial charge < -0.3 is 19.5 Å². The Kier molecular flexibility index (Phi) is 10.7. The van der Waals surface area contributed by atoms with E-state index in [0.717, 1.165) is 29.3 Å². The predicted molar refractivity (Wildman–Crippen MR) is 205 cm³/mol. The van der Waals surface area contributed by atoms with Crippen LogP contribution in [-0.2, 0) is 41.0 Å². The lowest BCUT2D eigenvalue weighted by Crippen LogP contribution is -2.49. The summed E-state index contributed by atoms with van der Waals surface area (Å²) < 4.78 is 35.4. The van der Waals surface area contributed by atoms with Gasteiger partial charge in [-0.1, -0.05) is 72.2 Å². The molecule has 12 nitrogen and oxygen atoms in total. The zero-order valence-electron chi connectivity index (χ0n) is 32.7. The van der Waals surface area contributed by atoms with Gasteiger partial charge in [0.2, 0.25) is 21.8 Å². The van der Waals surface area contributed by atoms with E-state index in [1.54, 1.807) is 0 Å². The van der Waals surface area contributed by atoms with Crippen molar-refractivity contribution in [1.82, 2.24) is 19.5 Å². The molecule has 54 heavy (non-hydrogen) atoms. The van der Waals surface area contributed by atoms with E-state index < -0.39 is 61.9 Å². The van der Waals surface area contributed by atoms with E-state index >= 15 is 0 Å². The van der Waals surface area contributed by atoms with Crippen LogP contribution in [0.1, 0.15) is 115 Å². The number of hydrogen-bond donors (Lipinski definition) is 2. The molecule has 4 aliphatic rings. The molecule has 2 aromatic rings. The van der Waals surface area contributed by atoms with E-state index in [2.05, 4.69) is 16.1 Å². The summed E-state index contributed by atoms with van der Waals surface area (Å²) in [6, 6.07) is 6.16. The lowest BCUT2D eigenvalue weighted by Gasteiger charge is -2.35. The Balaban J connectivity index is 1.34. The molecule has 0 spiro atoms. The van der Waals surface area contributed by atoms with Crippen molar-refractivity contribution in [3.63, 3.8) is 0 Å². The van der Waals surface area contributed by atoms with Gasteiger partial charge in [-0.2, -0.15) is 0 Å². The topological polar surface area (TPSA) is 161 Å². The van der Waals surface area contributed by atoms with Crippen LogP contribution in [0.2, 0.25) is 0 Å². The van der Waals surface area contributed by atoms with Crippen LogP contribution in [0.4, 0.5) is 0 Å². The highest BCUT2D eigenvalue weighted by Crippen LogP contribution is 2.58. The number of nitrogens with one attached hydrogen (secondary N) is 2. The molecule has 13 heteroatoms. The van der Waals surface area contributed by atoms with Crippen LogP contribution in [-0.4, -0.2) is 77.8 Å². The van der Waals surface area contributed by atoms with Gasteiger partial charge in [-0.3, -0.25) is 28.7 Å². The average molecular weight is 765 g/mol. The van der Waals surface area contributed by atoms with E-state index in [4.69, 9.17) is 4.74 Å². The smallest absolute Gasteiger partial charge is 0.306 e. The third-order valence-corrected chi connectivity index (χ3v) is 14.0. The molecule has 0 radical (unpaired) electrons. The number of esters is 1. The monoisotopic (exact) mass is 764 g/mol. The fourth-order valence-corrected chi connectivity index (χ4v) is 9.71. The number of nitrogens with zero attached hydrogens (tertiary/aromatic N) is 2. The number of carbonyl (C=O) groups excluding carboxylic acids is 5. The number of ketones is 1. The first-order valence-corrected chi connectivity index (χ1v) is 20.9. The second-order valence-electron chi connectivity index (χ2n) is 18.0. The largest absolute Gasteiger partial charge is 0.465 e. The Morgan fingerprint density at radius 2 is 1.83 bits per heavy atom. The average Bonchev–Trinajstić information content (AvgIpc) is 4.00. The van der Waals surface area contributed by atoms with Gasteiger partial charge in [0.25, 0.3) is 5.91 Å². The Hall–Kier alpha value is -4.00. The molecule has 3 heterocycles. The highest BCUT2D eigenvalue weighted by atomic mass is 32.2. The van der Waals surface area contributed by atoms with Crippen molar-refractivity contribution in [3.8, 4) is 0 Å². The molecular weight excluding hydrogens is 709 g/mol. The maximum absolute atomic E-state index is 14.7. The van der Waals surface area contributed by atoms with Gasteiger partial charge in [-0.05, 0) is 73.0 Å². The van der Waals surface area contributed by atoms with Crippen molar-refractivity contribution in [2.24, 2.45) is 35.1 Å². The second kappa shape index (κ2) is 14.6. The second-order valence-corrected chi connectivity index (χ2v) is 19.9. The molecule has 4 bridgehead atoms. The molecule has 2 N–H and O–H groups in total. The number of benzene rings is 1. The van der Waals surface area contributed by atoms with Crippen LogP contribution < -0.4 is 10.0 Å². The van der Waals surface area contributed by atoms with Crippen LogP contribution in [0.25, 0.3) is 17.0 Å². The van der Waals surface area contributed by atoms with Gasteiger partial charge in [-0.25, -0.2) is 8.42 Å². The number of hydrogen-bond acceptors (Lipinski definition) is 8. The standard InChI is InChI=1S/C41H56N4O8S/c1-8-26-21-41(26,38(50)43-54(51,52)28-15-16-28)22-34(46)32-18-27-23-45(32)37(49)30(39(2,3)4)20-35(47)53-24-40(5,6)17-10-9-12-25-13-11-14-31-29(25)19-33(44(31)7)36(48)42-27/h9,11-14,19,26-28,30,32H,8,10,15-18,20-24H2,1-7H3,(H,42,48)(H,43,50)/b12-9+/t26-,27-,30-,32+,41-/m1/s1. The molecule has 0 unspecified atom stereocenters. The number of sulfonamides is 1. The number of carbonyl (C=O) groups is 5. The molecule has 1 aromatic carbocycles. The Morgan fingerprint density at radius 3 is 2.48 bits per heavy atom. The molecule has 294 valence electrons. The van der Waals surface area contributed by atoms with Crippen LogP contribution in [0.3, 0.4) is 0 Å². The van der Waals surface area contributed by atoms with Crippen molar-refractivity contribution in [3.05, 3.63) is 41.6 Å². The quantitative estimate of drug-likeness (QED) is 0.360. The lowest BCUT2D eigenvalue weighted by molar-refractivity contribution is -0.155. The molecule has 3 amide bonds. The summed E-state index contributed by atoms with van der Waals surface area (Å²) in [5.74, 6) is -3.31. The van der Waals surface area contributed by atoms with Gasteiger partial charge in [0, 0.05) is 37.0 Å². The predicted octanol–water partition coefficient (Wildman–Crippen LogP) is 5.29. The summed E-state index contributed by atoms with van der Waals surface area (Å²) in [5.41, 5.74) is 0.0671. The highest BCUT2D eigenvalue weighted by Gasteiger charge is 2.61. The molecule has 1 aromatic heterocycles. The number of cyclic esters (lactones) is 1. The van der Waals surface area contributed by atoms with E-state index in [0.29, 0.717) is 31.4 Å². The van der Waals surface area contributed by atoms with Crippen molar-refractivity contribution in [1.29, 1.82) is 0 Å². The van der Waals surface area contributed by atoms with Crippen molar-refractivity contribution >= 4 is 56.5 Å². The number of allylic oxidation sites excluding steroid dienone is 1. The molecule has 2 aliphatic carbocycles. The number of fused-ring (bicyclic) bond motifs is 3. The van der Waals surface area contributed by atoms with Gasteiger partial charge in [0.05, 0.1) is 35.7 Å². The minimum atomic E-state index is -3.83. The highest BCUT2D eigenvalue weighted by molar-refractivity contribution is 7.90. The third kappa shape index (κ3) is 8.16. The fraction of sp³-hybridized carbons (Fsp3) is 0.634. The molecule has 6 rings (SSSR count). The summed E-state index contributed by atoms with van der Waals surface area (Å²) in [7, 11) is -2.00. The minimum absolute atomic E-state index is 0.0278. The van der Waals surface area contributed by atoms with E-state index in [1.807, 2.05) is 83.5 Å². The van der Waals surface area contributed by atoms with Crippen molar-refractivity contribution < 1.29 is 37.1 Å². The van der Waals surface area contributed by atoms with Crippen LogP contribution >= 0.6 is 0 Å². The van der Waals surface area contributed by atoms with Gasteiger partial charge >= 0.3 is 5.97 Å². The molecule has 1 saturated heterocycles. The van der Waals surface area contributed by atoms with Crippen molar-refractivity contribution in [2.45, 2.75) is 117 Å². The SMILES string of the molecule is CC[C@@H]1C[C@]1(CC(=O)[C@@H]1C[C@@H]2CN1C(=O)[C@H](C(C)(C)C)CC(=O)OCC(C)(C)CC/C=C/c1cccc3c1cc(n3C)C(=O)N2)C(=O)NS(=O)(=O)C1CC1. The number of rotatable bonds is 7. The summed E-state index contributed by atoms with van der Waals surface area (Å²) in [5, 5.41) is 3.40. The minimum Gasteiger partial charge on any atom is -0.465 e. The summed E-state index contributed by atoms with van der Waals surface area (Å²) in [6.45, 7) is 11.8. The van der Waals surface area contributed by atoms with Crippen LogP contribution in [0, 0.1) is 28.1 Å². The molecule has 2 aliphatic heterocycles. The maximum atomic E-state index is 14.7. The maximum Gasteiger partial charge on any atom is 0.306 e. The van der Waals surface area contributed by atoms with Crippen LogP contribution in [0.15, 0.2) is 30.3 Å². The molecular formula is C41H56N4O8S. The first-order valence-electron chi connectivity index (χ1n) is 19.4. The first kappa shape index (κ1) is 39.7. The lowest BCUT2D eigenvalue weighted by atomic mass is 9.77. The first-order chi connectivity index (χ1) is 25.3. The molecule has 5 atom stereocenters. The summed E-state index contributed by atoms with van der Waals surface area (Å²) >= 11 is 0. The summed E-state index contributed by atoms with van der Waals surface area (Å²) in [6.07, 6.45) is 7.27. The molecule has 2 saturated carbocycles. The number of aryl methyl sites for hydroxylation is 1. The Bertz CT molecular complexity index is 1990. The normalized spacial score (nSPS) is 28.7. The number of amides is 3. The zero-order chi connectivity index (χ0) is 39.4. The van der Waals surface area contributed by atoms with Gasteiger partial charge in [-0.15, -0.1) is 0 Å². The zero-order valence-corrected chi connectivity index (χ0v) is 33.5. The summed E-state index contributed by atoms with van der Waals surface area (Å²) in [4.78, 5) is 71.5. The Labute approximate surface area is 318 Å². The van der Waals surface area contributed by atoms with Gasteiger partial charge in [0.15, 0.2) is 5.78 Å². The molecule has 3 fully saturated rings. The van der Waals surface area contributed by atoms with E-state index in [-0.39, 0.29) is 55.4 Å². The van der Waals surface area contributed by atoms with Crippen molar-refractivity contribution in [2.75, 3.05) is 13.2 Å². The Morgan fingerprint density at radius 1 is 1.11 bits per heavy atom. The van der Waals surface area contributed by atoms with Gasteiger partial charge in [0.1, 0.15) is 5.69 Å². The fourth-order valence-electron chi connectivity index (χ4n) is 8.33.